The minimum Gasteiger partial charge on any atom is -0.319 e. The zero-order chi connectivity index (χ0) is 11.2. The van der Waals surface area contributed by atoms with Crippen molar-refractivity contribution < 1.29 is 19.3 Å². The van der Waals surface area contributed by atoms with Gasteiger partial charge in [0.1, 0.15) is 0 Å². The Labute approximate surface area is 86.2 Å². The molecule has 14 heavy (non-hydrogen) atoms. The van der Waals surface area contributed by atoms with Gasteiger partial charge in [0.15, 0.2) is 0 Å². The van der Waals surface area contributed by atoms with Crippen molar-refractivity contribution in [1.82, 2.24) is 0 Å². The summed E-state index contributed by atoms with van der Waals surface area (Å²) in [6.45, 7) is 8.17. The van der Waals surface area contributed by atoms with Crippen molar-refractivity contribution in [2.24, 2.45) is 5.92 Å². The van der Waals surface area contributed by atoms with Gasteiger partial charge in [0.25, 0.3) is 0 Å². The fourth-order valence-corrected chi connectivity index (χ4v) is 0.751. The van der Waals surface area contributed by atoms with Crippen LogP contribution in [0.2, 0.25) is 0 Å². The first-order valence-electron chi connectivity index (χ1n) is 5.02. The maximum absolute atomic E-state index is 9.70. The van der Waals surface area contributed by atoms with Crippen LogP contribution in [0.15, 0.2) is 0 Å². The molecule has 0 bridgehead atoms. The molecule has 0 aliphatic rings. The fourth-order valence-electron chi connectivity index (χ4n) is 0.751. The highest BCUT2D eigenvalue weighted by atomic mass is 17.0. The van der Waals surface area contributed by atoms with Crippen LogP contribution in [0.4, 0.5) is 0 Å². The van der Waals surface area contributed by atoms with E-state index < -0.39 is 6.16 Å². The van der Waals surface area contributed by atoms with E-state index in [1.165, 1.54) is 7.11 Å². The summed E-state index contributed by atoms with van der Waals surface area (Å²) in [5.74, 6) is 0.317. The number of hydrogen-bond donors (Lipinski definition) is 1. The number of ether oxygens (including phenoxy) is 3. The quantitative estimate of drug-likeness (QED) is 0.644. The molecule has 0 aromatic carbocycles. The molecule has 4 heteroatoms. The van der Waals surface area contributed by atoms with Crippen molar-refractivity contribution in [2.45, 2.75) is 46.4 Å². The van der Waals surface area contributed by atoms with E-state index in [9.17, 15) is 5.11 Å². The lowest BCUT2D eigenvalue weighted by Crippen LogP contribution is -2.41. The van der Waals surface area contributed by atoms with E-state index in [2.05, 4.69) is 0 Å². The van der Waals surface area contributed by atoms with E-state index in [1.54, 1.807) is 0 Å². The Kier molecular flexibility index (Phi) is 6.27. The standard InChI is InChI=1S/C10H22O4/c1-6-9(4)14-10(11,12-5)13-7-8(2)3/h8-9,11H,6-7H2,1-5H3. The summed E-state index contributed by atoms with van der Waals surface area (Å²) in [6, 6.07) is 0. The van der Waals surface area contributed by atoms with Crippen molar-refractivity contribution in [1.29, 1.82) is 0 Å². The van der Waals surface area contributed by atoms with Crippen molar-refractivity contribution in [2.75, 3.05) is 13.7 Å². The van der Waals surface area contributed by atoms with Crippen LogP contribution in [0, 0.1) is 5.92 Å². The molecule has 0 aliphatic heterocycles. The predicted molar refractivity (Wildman–Crippen MR) is 53.6 cm³/mol. The largest absolute Gasteiger partial charge is 0.410 e. The van der Waals surface area contributed by atoms with Crippen molar-refractivity contribution in [3.63, 3.8) is 0 Å². The van der Waals surface area contributed by atoms with Crippen molar-refractivity contribution in [3.05, 3.63) is 0 Å². The second-order valence-electron chi connectivity index (χ2n) is 3.77. The average molecular weight is 206 g/mol. The SMILES string of the molecule is CCC(C)OC(O)(OC)OCC(C)C. The molecule has 0 radical (unpaired) electrons. The third kappa shape index (κ3) is 5.54. The highest BCUT2D eigenvalue weighted by Crippen LogP contribution is 2.15. The second kappa shape index (κ2) is 6.35. The van der Waals surface area contributed by atoms with E-state index in [0.29, 0.717) is 12.5 Å². The minimum atomic E-state index is -1.90. The van der Waals surface area contributed by atoms with Gasteiger partial charge < -0.3 is 19.3 Å². The van der Waals surface area contributed by atoms with Crippen LogP contribution in [0.5, 0.6) is 0 Å². The van der Waals surface area contributed by atoms with Crippen molar-refractivity contribution >= 4 is 0 Å². The molecule has 0 aromatic rings. The molecular weight excluding hydrogens is 184 g/mol. The maximum atomic E-state index is 9.70. The summed E-state index contributed by atoms with van der Waals surface area (Å²) in [4.78, 5) is 0. The molecule has 0 saturated heterocycles. The number of hydrogen-bond acceptors (Lipinski definition) is 4. The first kappa shape index (κ1) is 13.8. The lowest BCUT2D eigenvalue weighted by molar-refractivity contribution is -0.488. The molecule has 4 nitrogen and oxygen atoms in total. The summed E-state index contributed by atoms with van der Waals surface area (Å²) in [7, 11) is 1.35. The molecule has 0 fully saturated rings. The topological polar surface area (TPSA) is 47.9 Å². The molecule has 2 unspecified atom stereocenters. The van der Waals surface area contributed by atoms with Gasteiger partial charge >= 0.3 is 6.16 Å². The summed E-state index contributed by atoms with van der Waals surface area (Å²) in [5, 5.41) is 9.70. The van der Waals surface area contributed by atoms with Gasteiger partial charge in [0, 0.05) is 7.11 Å². The van der Waals surface area contributed by atoms with E-state index in [-0.39, 0.29) is 6.10 Å². The third-order valence-corrected chi connectivity index (χ3v) is 1.78. The van der Waals surface area contributed by atoms with E-state index >= 15 is 0 Å². The summed E-state index contributed by atoms with van der Waals surface area (Å²) >= 11 is 0. The maximum Gasteiger partial charge on any atom is 0.410 e. The van der Waals surface area contributed by atoms with Crippen LogP contribution >= 0.6 is 0 Å². The van der Waals surface area contributed by atoms with Crippen LogP contribution in [-0.2, 0) is 14.2 Å². The molecule has 0 rings (SSSR count). The van der Waals surface area contributed by atoms with Crippen molar-refractivity contribution in [3.8, 4) is 0 Å². The zero-order valence-electron chi connectivity index (χ0n) is 9.74. The molecule has 0 aliphatic carbocycles. The fraction of sp³-hybridized carbons (Fsp3) is 1.00. The molecule has 1 N–H and O–H groups in total. The molecule has 0 aromatic heterocycles. The highest BCUT2D eigenvalue weighted by molar-refractivity contribution is 4.48. The second-order valence-corrected chi connectivity index (χ2v) is 3.77. The van der Waals surface area contributed by atoms with Crippen LogP contribution in [-0.4, -0.2) is 31.1 Å². The van der Waals surface area contributed by atoms with Gasteiger partial charge in [-0.05, 0) is 19.3 Å². The smallest absolute Gasteiger partial charge is 0.319 e. The van der Waals surface area contributed by atoms with E-state index in [1.807, 2.05) is 27.7 Å². The highest BCUT2D eigenvalue weighted by Gasteiger charge is 2.31. The number of methoxy groups -OCH3 is 1. The van der Waals surface area contributed by atoms with Gasteiger partial charge in [-0.3, -0.25) is 0 Å². The summed E-state index contributed by atoms with van der Waals surface area (Å²) in [6.07, 6.45) is -1.22. The Balaban J connectivity index is 4.03. The molecule has 86 valence electrons. The summed E-state index contributed by atoms with van der Waals surface area (Å²) in [5.41, 5.74) is 0. The van der Waals surface area contributed by atoms with Gasteiger partial charge in [-0.1, -0.05) is 20.8 Å². The van der Waals surface area contributed by atoms with Gasteiger partial charge in [-0.25, -0.2) is 0 Å². The Morgan fingerprint density at radius 1 is 1.29 bits per heavy atom. The van der Waals surface area contributed by atoms with Gasteiger partial charge in [-0.2, -0.15) is 0 Å². The van der Waals surface area contributed by atoms with Crippen LogP contribution in [0.25, 0.3) is 0 Å². The average Bonchev–Trinajstić information content (AvgIpc) is 2.14. The Morgan fingerprint density at radius 3 is 2.21 bits per heavy atom. The predicted octanol–water partition coefficient (Wildman–Crippen LogP) is 1.72. The normalized spacial score (nSPS) is 18.2. The van der Waals surface area contributed by atoms with Crippen LogP contribution in [0.3, 0.4) is 0 Å². The monoisotopic (exact) mass is 206 g/mol. The molecule has 0 saturated carbocycles. The Morgan fingerprint density at radius 2 is 1.86 bits per heavy atom. The van der Waals surface area contributed by atoms with Gasteiger partial charge in [0.2, 0.25) is 0 Å². The van der Waals surface area contributed by atoms with Gasteiger partial charge in [0.05, 0.1) is 12.7 Å². The lowest BCUT2D eigenvalue weighted by Gasteiger charge is -2.28. The van der Waals surface area contributed by atoms with E-state index in [4.69, 9.17) is 14.2 Å². The van der Waals surface area contributed by atoms with Crippen LogP contribution < -0.4 is 0 Å². The molecular formula is C10H22O4. The Hall–Kier alpha value is -0.160. The minimum absolute atomic E-state index is 0.105. The van der Waals surface area contributed by atoms with Crippen LogP contribution in [0.1, 0.15) is 34.1 Å². The zero-order valence-corrected chi connectivity index (χ0v) is 9.74. The van der Waals surface area contributed by atoms with Gasteiger partial charge in [-0.15, -0.1) is 0 Å². The Bertz CT molecular complexity index is 149. The summed E-state index contributed by atoms with van der Waals surface area (Å²) < 4.78 is 15.1. The number of rotatable bonds is 7. The number of aliphatic hydroxyl groups is 1. The third-order valence-electron chi connectivity index (χ3n) is 1.78. The molecule has 0 heterocycles. The first-order chi connectivity index (χ1) is 6.43. The first-order valence-corrected chi connectivity index (χ1v) is 5.02. The molecule has 0 amide bonds. The lowest BCUT2D eigenvalue weighted by atomic mass is 10.2. The molecule has 0 spiro atoms. The molecule has 2 atom stereocenters. The van der Waals surface area contributed by atoms with E-state index in [0.717, 1.165) is 6.42 Å².